The van der Waals surface area contributed by atoms with Crippen LogP contribution in [-0.4, -0.2) is 37.0 Å². The Morgan fingerprint density at radius 2 is 2.05 bits per heavy atom. The molecule has 1 unspecified atom stereocenters. The summed E-state index contributed by atoms with van der Waals surface area (Å²) in [6, 6.07) is 3.36. The predicted molar refractivity (Wildman–Crippen MR) is 83.6 cm³/mol. The van der Waals surface area contributed by atoms with Crippen molar-refractivity contribution in [2.75, 3.05) is 18.9 Å². The van der Waals surface area contributed by atoms with Crippen LogP contribution >= 0.6 is 0 Å². The number of nitrogens with zero attached hydrogens (tertiary/aromatic N) is 1. The zero-order valence-electron chi connectivity index (χ0n) is 12.7. The lowest BCUT2D eigenvalue weighted by Crippen LogP contribution is -2.44. The molecule has 1 aliphatic heterocycles. The first-order valence-corrected chi connectivity index (χ1v) is 8.81. The Morgan fingerprint density at radius 3 is 2.71 bits per heavy atom. The molecule has 0 spiro atoms. The first-order valence-electron chi connectivity index (χ1n) is 7.37. The van der Waals surface area contributed by atoms with E-state index < -0.39 is 10.0 Å². The lowest BCUT2D eigenvalue weighted by atomic mass is 10.0. The topological polar surface area (TPSA) is 83.6 Å². The van der Waals surface area contributed by atoms with E-state index >= 15 is 0 Å². The molecule has 21 heavy (non-hydrogen) atoms. The molecule has 0 aliphatic carbocycles. The van der Waals surface area contributed by atoms with Gasteiger partial charge in [-0.15, -0.1) is 0 Å². The normalized spacial score (nSPS) is 20.6. The minimum atomic E-state index is -3.57. The first-order chi connectivity index (χ1) is 9.87. The molecular weight excluding hydrogens is 288 g/mol. The highest BCUT2D eigenvalue weighted by Crippen LogP contribution is 2.31. The molecule has 1 heterocycles. The van der Waals surface area contributed by atoms with Crippen molar-refractivity contribution in [2.24, 2.45) is 0 Å². The van der Waals surface area contributed by atoms with Gasteiger partial charge in [0.2, 0.25) is 10.0 Å². The lowest BCUT2D eigenvalue weighted by molar-refractivity contribution is 0.192. The quantitative estimate of drug-likeness (QED) is 0.831. The van der Waals surface area contributed by atoms with Crippen LogP contribution < -0.4 is 5.73 Å². The van der Waals surface area contributed by atoms with Crippen LogP contribution in [0.3, 0.4) is 0 Å². The Morgan fingerprint density at radius 1 is 1.33 bits per heavy atom. The van der Waals surface area contributed by atoms with E-state index in [0.29, 0.717) is 29.1 Å². The molecule has 1 saturated heterocycles. The number of sulfonamides is 1. The van der Waals surface area contributed by atoms with Crippen LogP contribution in [0.15, 0.2) is 17.0 Å². The highest BCUT2D eigenvalue weighted by atomic mass is 32.2. The van der Waals surface area contributed by atoms with E-state index in [9.17, 15) is 13.5 Å². The summed E-state index contributed by atoms with van der Waals surface area (Å²) in [4.78, 5) is 0.296. The number of benzene rings is 1. The van der Waals surface area contributed by atoms with E-state index in [1.807, 2.05) is 6.92 Å². The molecule has 1 aliphatic rings. The largest absolute Gasteiger partial charge is 0.398 e. The highest BCUT2D eigenvalue weighted by Gasteiger charge is 2.34. The van der Waals surface area contributed by atoms with Crippen LogP contribution in [0, 0.1) is 13.8 Å². The monoisotopic (exact) mass is 312 g/mol. The molecule has 6 heteroatoms. The molecule has 0 bridgehead atoms. The van der Waals surface area contributed by atoms with Gasteiger partial charge >= 0.3 is 0 Å². The van der Waals surface area contributed by atoms with Crippen LogP contribution in [-0.2, 0) is 10.0 Å². The van der Waals surface area contributed by atoms with Gasteiger partial charge in [-0.2, -0.15) is 4.31 Å². The third-order valence-corrected chi connectivity index (χ3v) is 6.24. The van der Waals surface area contributed by atoms with Gasteiger partial charge in [0.05, 0.1) is 4.90 Å². The molecular formula is C15H24N2O3S. The van der Waals surface area contributed by atoms with Crippen molar-refractivity contribution >= 4 is 15.7 Å². The van der Waals surface area contributed by atoms with Gasteiger partial charge in [-0.1, -0.05) is 6.42 Å². The van der Waals surface area contributed by atoms with Crippen LogP contribution in [0.1, 0.15) is 36.8 Å². The maximum atomic E-state index is 13.0. The number of piperidine rings is 1. The summed E-state index contributed by atoms with van der Waals surface area (Å²) in [7, 11) is -3.57. The van der Waals surface area contributed by atoms with Crippen molar-refractivity contribution in [3.8, 4) is 0 Å². The second-order valence-corrected chi connectivity index (χ2v) is 7.61. The van der Waals surface area contributed by atoms with Gasteiger partial charge in [0.25, 0.3) is 0 Å². The zero-order valence-corrected chi connectivity index (χ0v) is 13.5. The van der Waals surface area contributed by atoms with Gasteiger partial charge < -0.3 is 10.8 Å². The Bertz CT molecular complexity index is 612. The number of aryl methyl sites for hydroxylation is 1. The van der Waals surface area contributed by atoms with E-state index in [4.69, 9.17) is 5.73 Å². The summed E-state index contributed by atoms with van der Waals surface area (Å²) in [6.07, 6.45) is 3.16. The second kappa shape index (κ2) is 6.34. The van der Waals surface area contributed by atoms with Crippen LogP contribution in [0.25, 0.3) is 0 Å². The molecule has 1 atom stereocenters. The molecule has 0 saturated carbocycles. The highest BCUT2D eigenvalue weighted by molar-refractivity contribution is 7.89. The summed E-state index contributed by atoms with van der Waals surface area (Å²) in [5, 5.41) is 9.17. The number of nitrogens with two attached hydrogens (primary N) is 1. The summed E-state index contributed by atoms with van der Waals surface area (Å²) in [5.41, 5.74) is 7.87. The van der Waals surface area contributed by atoms with Crippen molar-refractivity contribution in [3.63, 3.8) is 0 Å². The van der Waals surface area contributed by atoms with Crippen molar-refractivity contribution in [1.29, 1.82) is 0 Å². The molecule has 0 radical (unpaired) electrons. The van der Waals surface area contributed by atoms with Crippen molar-refractivity contribution in [3.05, 3.63) is 23.3 Å². The molecule has 0 aromatic heterocycles. The average molecular weight is 312 g/mol. The van der Waals surface area contributed by atoms with Gasteiger partial charge in [-0.3, -0.25) is 0 Å². The number of aliphatic hydroxyl groups excluding tert-OH is 1. The number of hydrogen-bond donors (Lipinski definition) is 2. The number of hydrogen-bond acceptors (Lipinski definition) is 4. The fraction of sp³-hybridized carbons (Fsp3) is 0.600. The van der Waals surface area contributed by atoms with E-state index in [1.165, 1.54) is 0 Å². The third-order valence-electron chi connectivity index (χ3n) is 4.17. The minimum absolute atomic E-state index is 0.00558. The average Bonchev–Trinajstić information content (AvgIpc) is 2.43. The van der Waals surface area contributed by atoms with E-state index in [-0.39, 0.29) is 12.6 Å². The molecule has 0 amide bonds. The predicted octanol–water partition coefficient (Wildman–Crippen LogP) is 1.81. The molecule has 1 aromatic carbocycles. The van der Waals surface area contributed by atoms with Gasteiger partial charge in [-0.25, -0.2) is 8.42 Å². The minimum Gasteiger partial charge on any atom is -0.398 e. The SMILES string of the molecule is Cc1cc(N)c(C)c(S(=O)(=O)N2CCCCC2CCO)c1. The first kappa shape index (κ1) is 16.3. The molecule has 1 fully saturated rings. The molecule has 3 N–H and O–H groups in total. The Kier molecular flexibility index (Phi) is 4.91. The van der Waals surface area contributed by atoms with E-state index in [1.54, 1.807) is 23.4 Å². The van der Waals surface area contributed by atoms with E-state index in [2.05, 4.69) is 0 Å². The summed E-state index contributed by atoms with van der Waals surface area (Å²) >= 11 is 0. The molecule has 5 nitrogen and oxygen atoms in total. The number of anilines is 1. The number of nitrogen functional groups attached to an aromatic ring is 1. The van der Waals surface area contributed by atoms with Gasteiger partial charge in [0, 0.05) is 24.9 Å². The van der Waals surface area contributed by atoms with Gasteiger partial charge in [-0.05, 0) is 56.4 Å². The van der Waals surface area contributed by atoms with Crippen molar-refractivity contribution < 1.29 is 13.5 Å². The van der Waals surface area contributed by atoms with E-state index in [0.717, 1.165) is 24.8 Å². The third kappa shape index (κ3) is 3.22. The van der Waals surface area contributed by atoms with Crippen molar-refractivity contribution in [2.45, 2.75) is 50.5 Å². The smallest absolute Gasteiger partial charge is 0.243 e. The zero-order chi connectivity index (χ0) is 15.6. The molecule has 2 rings (SSSR count). The van der Waals surface area contributed by atoms with Crippen LogP contribution in [0.2, 0.25) is 0 Å². The van der Waals surface area contributed by atoms with Crippen molar-refractivity contribution in [1.82, 2.24) is 4.31 Å². The maximum Gasteiger partial charge on any atom is 0.243 e. The Balaban J connectivity index is 2.45. The van der Waals surface area contributed by atoms with Crippen LogP contribution in [0.5, 0.6) is 0 Å². The summed E-state index contributed by atoms with van der Waals surface area (Å²) < 4.78 is 27.5. The van der Waals surface area contributed by atoms with Gasteiger partial charge in [0.1, 0.15) is 0 Å². The van der Waals surface area contributed by atoms with Crippen LogP contribution in [0.4, 0.5) is 5.69 Å². The summed E-state index contributed by atoms with van der Waals surface area (Å²) in [5.74, 6) is 0. The molecule has 1 aromatic rings. The second-order valence-electron chi connectivity index (χ2n) is 5.75. The summed E-state index contributed by atoms with van der Waals surface area (Å²) in [6.45, 7) is 4.11. The fourth-order valence-electron chi connectivity index (χ4n) is 2.97. The Hall–Kier alpha value is -1.11. The van der Waals surface area contributed by atoms with Gasteiger partial charge in [0.15, 0.2) is 0 Å². The lowest BCUT2D eigenvalue weighted by Gasteiger charge is -2.35. The standard InChI is InChI=1S/C15H24N2O3S/c1-11-9-14(16)12(2)15(10-11)21(19,20)17-7-4-3-5-13(17)6-8-18/h9-10,13,18H,3-8,16H2,1-2H3. The number of aliphatic hydroxyl groups is 1. The number of rotatable bonds is 4. The maximum absolute atomic E-state index is 13.0. The molecule has 118 valence electrons. The Labute approximate surface area is 126 Å². The fourth-order valence-corrected chi connectivity index (χ4v) is 5.04.